The Morgan fingerprint density at radius 3 is 2.44 bits per heavy atom. The van der Waals surface area contributed by atoms with Crippen molar-refractivity contribution >= 4 is 20.9 Å². The van der Waals surface area contributed by atoms with Crippen LogP contribution in [-0.4, -0.2) is 18.1 Å². The summed E-state index contributed by atoms with van der Waals surface area (Å²) in [6.07, 6.45) is 0. The van der Waals surface area contributed by atoms with Gasteiger partial charge in [-0.2, -0.15) is 8.42 Å². The standard InChI is InChI=1S/C10H8O4S.Na.H/c11-8-5-4-7-2-1-3-10(9(7)6-8)15(12,13)14;;/h1-6,11H,(H,12,13,14);;/q;+1;-1. The van der Waals surface area contributed by atoms with Gasteiger partial charge in [-0.1, -0.05) is 18.2 Å². The maximum absolute atomic E-state index is 11.0. The molecule has 0 atom stereocenters. The maximum atomic E-state index is 11.0. The Balaban J connectivity index is 0.00000128. The van der Waals surface area contributed by atoms with Crippen LogP contribution in [0.1, 0.15) is 1.43 Å². The molecule has 0 saturated heterocycles. The zero-order chi connectivity index (χ0) is 11.1. The summed E-state index contributed by atoms with van der Waals surface area (Å²) in [6, 6.07) is 8.86. The number of phenols is 1. The predicted molar refractivity (Wildman–Crippen MR) is 56.5 cm³/mol. The van der Waals surface area contributed by atoms with Gasteiger partial charge >= 0.3 is 29.6 Å². The van der Waals surface area contributed by atoms with Crippen LogP contribution in [0.5, 0.6) is 5.75 Å². The summed E-state index contributed by atoms with van der Waals surface area (Å²) < 4.78 is 31.0. The van der Waals surface area contributed by atoms with Crippen molar-refractivity contribution in [1.82, 2.24) is 0 Å². The number of phenolic OH excluding ortho intramolecular Hbond substituents is 1. The van der Waals surface area contributed by atoms with Crippen molar-refractivity contribution in [3.63, 3.8) is 0 Å². The van der Waals surface area contributed by atoms with Crippen LogP contribution in [0.25, 0.3) is 10.8 Å². The van der Waals surface area contributed by atoms with Crippen LogP contribution in [0.3, 0.4) is 0 Å². The summed E-state index contributed by atoms with van der Waals surface area (Å²) in [7, 11) is -4.26. The predicted octanol–water partition coefficient (Wildman–Crippen LogP) is -1.09. The minimum atomic E-state index is -4.26. The molecule has 2 N–H and O–H groups in total. The van der Waals surface area contributed by atoms with E-state index in [1.165, 1.54) is 24.3 Å². The van der Waals surface area contributed by atoms with E-state index in [1.54, 1.807) is 12.1 Å². The fourth-order valence-corrected chi connectivity index (χ4v) is 2.16. The van der Waals surface area contributed by atoms with E-state index in [-0.39, 0.29) is 41.6 Å². The molecule has 2 aromatic carbocycles. The SMILES string of the molecule is O=S(=O)(O)c1cccc2ccc(O)cc12.[H-].[Na+]. The van der Waals surface area contributed by atoms with Gasteiger partial charge in [0.05, 0.1) is 0 Å². The molecule has 0 spiro atoms. The Bertz CT molecular complexity index is 627. The minimum Gasteiger partial charge on any atom is -1.00 e. The van der Waals surface area contributed by atoms with Gasteiger partial charge in [-0.3, -0.25) is 4.55 Å². The first-order valence-electron chi connectivity index (χ1n) is 4.18. The van der Waals surface area contributed by atoms with Crippen molar-refractivity contribution < 1.29 is 49.1 Å². The summed E-state index contributed by atoms with van der Waals surface area (Å²) in [6.45, 7) is 0. The molecule has 2 aromatic rings. The number of aromatic hydroxyl groups is 1. The van der Waals surface area contributed by atoms with E-state index in [2.05, 4.69) is 0 Å². The van der Waals surface area contributed by atoms with E-state index < -0.39 is 10.1 Å². The van der Waals surface area contributed by atoms with Gasteiger partial charge in [0.1, 0.15) is 10.6 Å². The third kappa shape index (κ3) is 2.56. The fraction of sp³-hybridized carbons (Fsp3) is 0. The summed E-state index contributed by atoms with van der Waals surface area (Å²) in [5.74, 6) is -0.0430. The second-order valence-corrected chi connectivity index (χ2v) is 4.53. The van der Waals surface area contributed by atoms with Crippen molar-refractivity contribution in [3.05, 3.63) is 36.4 Å². The van der Waals surface area contributed by atoms with Gasteiger partial charge in [-0.15, -0.1) is 0 Å². The Labute approximate surface area is 116 Å². The van der Waals surface area contributed by atoms with Gasteiger partial charge in [0, 0.05) is 5.39 Å². The monoisotopic (exact) mass is 248 g/mol. The average molecular weight is 248 g/mol. The summed E-state index contributed by atoms with van der Waals surface area (Å²) >= 11 is 0. The third-order valence-electron chi connectivity index (χ3n) is 2.10. The molecule has 80 valence electrons. The van der Waals surface area contributed by atoms with Gasteiger partial charge in [-0.25, -0.2) is 0 Å². The summed E-state index contributed by atoms with van der Waals surface area (Å²) in [4.78, 5) is -0.198. The summed E-state index contributed by atoms with van der Waals surface area (Å²) in [5, 5.41) is 10.2. The van der Waals surface area contributed by atoms with Crippen molar-refractivity contribution in [2.45, 2.75) is 4.90 Å². The van der Waals surface area contributed by atoms with Crippen LogP contribution in [0.15, 0.2) is 41.3 Å². The number of hydrogen-bond acceptors (Lipinski definition) is 3. The molecule has 0 saturated carbocycles. The molecule has 6 heteroatoms. The molecule has 0 unspecified atom stereocenters. The van der Waals surface area contributed by atoms with Crippen LogP contribution in [0, 0.1) is 0 Å². The molecule has 0 radical (unpaired) electrons. The first-order chi connectivity index (χ1) is 6.98. The van der Waals surface area contributed by atoms with E-state index in [4.69, 9.17) is 4.55 Å². The molecule has 2 rings (SSSR count). The van der Waals surface area contributed by atoms with Gasteiger partial charge in [0.15, 0.2) is 0 Å². The van der Waals surface area contributed by atoms with E-state index in [0.29, 0.717) is 10.8 Å². The number of fused-ring (bicyclic) bond motifs is 1. The fourth-order valence-electron chi connectivity index (χ4n) is 1.46. The number of hydrogen-bond donors (Lipinski definition) is 2. The molecule has 0 amide bonds. The third-order valence-corrected chi connectivity index (χ3v) is 3.02. The second kappa shape index (κ2) is 4.73. The van der Waals surface area contributed by atoms with Gasteiger partial charge < -0.3 is 6.53 Å². The Morgan fingerprint density at radius 1 is 1.12 bits per heavy atom. The topological polar surface area (TPSA) is 74.6 Å². The molecule has 16 heavy (non-hydrogen) atoms. The number of benzene rings is 2. The van der Waals surface area contributed by atoms with Gasteiger partial charge in [0.25, 0.3) is 10.1 Å². The van der Waals surface area contributed by atoms with E-state index in [1.807, 2.05) is 0 Å². The van der Waals surface area contributed by atoms with Crippen LogP contribution in [0.2, 0.25) is 0 Å². The Morgan fingerprint density at radius 2 is 1.81 bits per heavy atom. The molecule has 0 aliphatic rings. The van der Waals surface area contributed by atoms with Crippen molar-refractivity contribution in [3.8, 4) is 5.75 Å². The molecule has 0 aromatic heterocycles. The van der Waals surface area contributed by atoms with Crippen LogP contribution >= 0.6 is 0 Å². The van der Waals surface area contributed by atoms with Gasteiger partial charge in [-0.05, 0) is 23.6 Å². The van der Waals surface area contributed by atoms with E-state index in [0.717, 1.165) is 0 Å². The van der Waals surface area contributed by atoms with Crippen LogP contribution in [0.4, 0.5) is 0 Å². The number of rotatable bonds is 1. The zero-order valence-electron chi connectivity index (χ0n) is 9.58. The van der Waals surface area contributed by atoms with E-state index >= 15 is 0 Å². The van der Waals surface area contributed by atoms with Gasteiger partial charge in [0.2, 0.25) is 0 Å². The molecule has 4 nitrogen and oxygen atoms in total. The van der Waals surface area contributed by atoms with Crippen molar-refractivity contribution in [2.75, 3.05) is 0 Å². The molecule has 0 bridgehead atoms. The van der Waals surface area contributed by atoms with Crippen LogP contribution in [-0.2, 0) is 10.1 Å². The van der Waals surface area contributed by atoms with Crippen molar-refractivity contribution in [1.29, 1.82) is 0 Å². The van der Waals surface area contributed by atoms with E-state index in [9.17, 15) is 13.5 Å². The average Bonchev–Trinajstić information content (AvgIpc) is 2.15. The zero-order valence-corrected chi connectivity index (χ0v) is 11.4. The molecule has 0 heterocycles. The second-order valence-electron chi connectivity index (χ2n) is 3.14. The smallest absolute Gasteiger partial charge is 1.00 e. The first-order valence-corrected chi connectivity index (χ1v) is 5.62. The quantitative estimate of drug-likeness (QED) is 0.496. The minimum absolute atomic E-state index is 0. The molecule has 0 aliphatic heterocycles. The first kappa shape index (κ1) is 13.5. The largest absolute Gasteiger partial charge is 1.00 e. The Kier molecular flexibility index (Phi) is 3.98. The van der Waals surface area contributed by atoms with Crippen LogP contribution < -0.4 is 29.6 Å². The molecule has 0 fully saturated rings. The molecule has 0 aliphatic carbocycles. The summed E-state index contributed by atoms with van der Waals surface area (Å²) in [5.41, 5.74) is 0. The normalized spacial score (nSPS) is 11.1. The molecular weight excluding hydrogens is 239 g/mol. The maximum Gasteiger partial charge on any atom is 1.00 e. The van der Waals surface area contributed by atoms with Crippen molar-refractivity contribution in [2.24, 2.45) is 0 Å². The molecular formula is C10H9NaO4S. The Hall–Kier alpha value is -0.590.